The maximum atomic E-state index is 12.5. The van der Waals surface area contributed by atoms with Gasteiger partial charge < -0.3 is 20.3 Å². The zero-order chi connectivity index (χ0) is 54.3. The first-order valence-electron chi connectivity index (χ1n) is 34.4. The lowest BCUT2D eigenvalue weighted by atomic mass is 10.0. The molecule has 0 fully saturated rings. The highest BCUT2D eigenvalue weighted by molar-refractivity contribution is 5.76. The van der Waals surface area contributed by atoms with Gasteiger partial charge in [-0.25, -0.2) is 0 Å². The van der Waals surface area contributed by atoms with Gasteiger partial charge in [0, 0.05) is 12.8 Å². The van der Waals surface area contributed by atoms with Crippen molar-refractivity contribution in [3.63, 3.8) is 0 Å². The van der Waals surface area contributed by atoms with Crippen LogP contribution < -0.4 is 5.32 Å². The minimum atomic E-state index is -0.671. The Bertz CT molecular complexity index is 1130. The third-order valence-electron chi connectivity index (χ3n) is 16.3. The van der Waals surface area contributed by atoms with Crippen LogP contribution in [0.2, 0.25) is 0 Å². The van der Waals surface area contributed by atoms with Crippen LogP contribution in [-0.4, -0.2) is 47.4 Å². The van der Waals surface area contributed by atoms with Crippen molar-refractivity contribution in [2.24, 2.45) is 0 Å². The van der Waals surface area contributed by atoms with Crippen molar-refractivity contribution in [2.45, 2.75) is 405 Å². The maximum Gasteiger partial charge on any atom is 0.305 e. The van der Waals surface area contributed by atoms with E-state index >= 15 is 0 Å². The predicted molar refractivity (Wildman–Crippen MR) is 329 cm³/mol. The molecule has 0 aliphatic heterocycles. The Morgan fingerprint density at radius 1 is 0.360 bits per heavy atom. The number of ether oxygens (including phenoxy) is 1. The summed E-state index contributed by atoms with van der Waals surface area (Å²) in [6.45, 7) is 4.99. The van der Waals surface area contributed by atoms with E-state index in [1.165, 1.54) is 321 Å². The molecule has 0 aromatic carbocycles. The number of aliphatic hydroxyl groups is 2. The molecule has 446 valence electrons. The lowest BCUT2D eigenvalue weighted by Crippen LogP contribution is -2.45. The van der Waals surface area contributed by atoms with Crippen molar-refractivity contribution in [2.75, 3.05) is 13.2 Å². The van der Waals surface area contributed by atoms with Crippen molar-refractivity contribution in [3.8, 4) is 0 Å². The Balaban J connectivity index is 3.42. The molecule has 0 aliphatic rings. The average molecular weight is 1060 g/mol. The molecular formula is C69H135NO5. The van der Waals surface area contributed by atoms with Gasteiger partial charge in [0.15, 0.2) is 0 Å². The summed E-state index contributed by atoms with van der Waals surface area (Å²) in [4.78, 5) is 24.6. The van der Waals surface area contributed by atoms with Crippen LogP contribution in [0, 0.1) is 0 Å². The van der Waals surface area contributed by atoms with E-state index in [0.717, 1.165) is 38.5 Å². The Morgan fingerprint density at radius 2 is 0.627 bits per heavy atom. The van der Waals surface area contributed by atoms with Crippen molar-refractivity contribution in [3.05, 3.63) is 12.2 Å². The van der Waals surface area contributed by atoms with Gasteiger partial charge in [-0.15, -0.1) is 0 Å². The van der Waals surface area contributed by atoms with Gasteiger partial charge in [0.05, 0.1) is 25.4 Å². The van der Waals surface area contributed by atoms with Gasteiger partial charge in [0.1, 0.15) is 0 Å². The van der Waals surface area contributed by atoms with Crippen molar-refractivity contribution >= 4 is 11.9 Å². The molecule has 0 saturated heterocycles. The standard InChI is InChI=1S/C69H135NO5/c1-3-5-7-9-11-13-15-17-19-21-22-23-24-25-27-30-33-37-41-45-49-53-57-61-67(72)66(65-71)70-68(73)62-58-54-50-46-42-38-34-31-28-26-29-32-36-40-44-48-52-56-60-64-75-69(74)63-59-55-51-47-43-39-35-20-18-16-14-12-10-8-6-4-2/h26,28,66-67,71-72H,3-25,27,29-65H2,1-2H3,(H,70,73)/b28-26-. The number of aliphatic hydroxyl groups excluding tert-OH is 2. The molecule has 6 nitrogen and oxygen atoms in total. The number of hydrogen-bond donors (Lipinski definition) is 3. The zero-order valence-electron chi connectivity index (χ0n) is 51.1. The van der Waals surface area contributed by atoms with Crippen LogP contribution in [0.1, 0.15) is 393 Å². The quantitative estimate of drug-likeness (QED) is 0.0320. The van der Waals surface area contributed by atoms with Gasteiger partial charge in [-0.05, 0) is 51.4 Å². The summed E-state index contributed by atoms with van der Waals surface area (Å²) in [5, 5.41) is 23.4. The summed E-state index contributed by atoms with van der Waals surface area (Å²) in [6, 6.07) is -0.549. The fraction of sp³-hybridized carbons (Fsp3) is 0.942. The van der Waals surface area contributed by atoms with Crippen LogP contribution in [0.5, 0.6) is 0 Å². The first kappa shape index (κ1) is 73.6. The molecule has 2 unspecified atom stereocenters. The number of esters is 1. The normalized spacial score (nSPS) is 12.5. The minimum absolute atomic E-state index is 0.00874. The van der Waals surface area contributed by atoms with Gasteiger partial charge in [0.2, 0.25) is 5.91 Å². The third kappa shape index (κ3) is 61.7. The van der Waals surface area contributed by atoms with E-state index in [0.29, 0.717) is 25.9 Å². The SMILES string of the molecule is CCCCCCCCCCCCCCCCCCCCCCCCCC(O)C(CO)NC(=O)CCCCCCCCC/C=C\CCCCCCCCCCOC(=O)CCCCCCCCCCCCCCCCCC. The van der Waals surface area contributed by atoms with E-state index < -0.39 is 12.1 Å². The molecule has 0 spiro atoms. The summed E-state index contributed by atoms with van der Waals surface area (Å²) in [5.41, 5.74) is 0. The number of carbonyl (C=O) groups is 2. The van der Waals surface area contributed by atoms with Crippen molar-refractivity contribution < 1.29 is 24.5 Å². The molecule has 0 aromatic heterocycles. The maximum absolute atomic E-state index is 12.5. The Morgan fingerprint density at radius 3 is 0.947 bits per heavy atom. The molecule has 6 heteroatoms. The molecule has 0 saturated carbocycles. The summed E-state index contributed by atoms with van der Waals surface area (Å²) < 4.78 is 5.49. The molecule has 75 heavy (non-hydrogen) atoms. The largest absolute Gasteiger partial charge is 0.466 e. The second kappa shape index (κ2) is 65.1. The highest BCUT2D eigenvalue weighted by atomic mass is 16.5. The van der Waals surface area contributed by atoms with Crippen LogP contribution in [0.4, 0.5) is 0 Å². The summed E-state index contributed by atoms with van der Waals surface area (Å²) in [6.07, 6.45) is 79.6. The van der Waals surface area contributed by atoms with E-state index in [-0.39, 0.29) is 18.5 Å². The van der Waals surface area contributed by atoms with Crippen molar-refractivity contribution in [1.29, 1.82) is 0 Å². The van der Waals surface area contributed by atoms with Crippen LogP contribution in [0.15, 0.2) is 12.2 Å². The van der Waals surface area contributed by atoms with Crippen LogP contribution in [-0.2, 0) is 14.3 Å². The van der Waals surface area contributed by atoms with E-state index in [2.05, 4.69) is 31.3 Å². The highest BCUT2D eigenvalue weighted by Crippen LogP contribution is 2.19. The van der Waals surface area contributed by atoms with Gasteiger partial charge in [-0.3, -0.25) is 9.59 Å². The molecule has 2 atom stereocenters. The number of nitrogens with one attached hydrogen (secondary N) is 1. The smallest absolute Gasteiger partial charge is 0.305 e. The van der Waals surface area contributed by atoms with Gasteiger partial charge in [-0.1, -0.05) is 341 Å². The van der Waals surface area contributed by atoms with Crippen LogP contribution in [0.25, 0.3) is 0 Å². The van der Waals surface area contributed by atoms with E-state index in [1.54, 1.807) is 0 Å². The minimum Gasteiger partial charge on any atom is -0.466 e. The molecule has 0 rings (SSSR count). The molecule has 0 aliphatic carbocycles. The predicted octanol–water partition coefficient (Wildman–Crippen LogP) is 22.0. The van der Waals surface area contributed by atoms with Crippen LogP contribution >= 0.6 is 0 Å². The number of carbonyl (C=O) groups excluding carboxylic acids is 2. The van der Waals surface area contributed by atoms with Crippen molar-refractivity contribution in [1.82, 2.24) is 5.32 Å². The average Bonchev–Trinajstić information content (AvgIpc) is 3.41. The molecule has 0 heterocycles. The summed E-state index contributed by atoms with van der Waals surface area (Å²) in [5.74, 6) is -0.0309. The number of unbranched alkanes of at least 4 members (excludes halogenated alkanes) is 52. The Hall–Kier alpha value is -1.40. The monoisotopic (exact) mass is 1060 g/mol. The molecule has 0 aromatic rings. The summed E-state index contributed by atoms with van der Waals surface area (Å²) in [7, 11) is 0. The summed E-state index contributed by atoms with van der Waals surface area (Å²) >= 11 is 0. The lowest BCUT2D eigenvalue weighted by molar-refractivity contribution is -0.143. The lowest BCUT2D eigenvalue weighted by Gasteiger charge is -2.22. The fourth-order valence-electron chi connectivity index (χ4n) is 11.1. The molecule has 0 bridgehead atoms. The number of hydrogen-bond acceptors (Lipinski definition) is 5. The second-order valence-electron chi connectivity index (χ2n) is 23.9. The first-order valence-corrected chi connectivity index (χ1v) is 34.4. The number of rotatable bonds is 65. The van der Waals surface area contributed by atoms with Gasteiger partial charge >= 0.3 is 5.97 Å². The highest BCUT2D eigenvalue weighted by Gasteiger charge is 2.20. The molecular weight excluding hydrogens is 923 g/mol. The fourth-order valence-corrected chi connectivity index (χ4v) is 11.1. The van der Waals surface area contributed by atoms with Gasteiger partial charge in [0.25, 0.3) is 0 Å². The molecule has 0 radical (unpaired) electrons. The molecule has 3 N–H and O–H groups in total. The van der Waals surface area contributed by atoms with E-state index in [4.69, 9.17) is 4.74 Å². The Labute approximate surface area is 469 Å². The molecule has 1 amide bonds. The first-order chi connectivity index (χ1) is 37.0. The second-order valence-corrected chi connectivity index (χ2v) is 23.9. The topological polar surface area (TPSA) is 95.9 Å². The zero-order valence-corrected chi connectivity index (χ0v) is 51.1. The van der Waals surface area contributed by atoms with Crippen LogP contribution in [0.3, 0.4) is 0 Å². The third-order valence-corrected chi connectivity index (χ3v) is 16.3. The van der Waals surface area contributed by atoms with E-state index in [1.807, 2.05) is 0 Å². The van der Waals surface area contributed by atoms with Gasteiger partial charge in [-0.2, -0.15) is 0 Å². The Kier molecular flexibility index (Phi) is 63.9. The van der Waals surface area contributed by atoms with E-state index in [9.17, 15) is 19.8 Å². The number of amides is 1. The number of allylic oxidation sites excluding steroid dienone is 2.